The zero-order valence-electron chi connectivity index (χ0n) is 5.87. The van der Waals surface area contributed by atoms with Crippen molar-refractivity contribution in [1.29, 1.82) is 0 Å². The standard InChI is InChI=1S/C5H8F3N3/c1-3(2)10-4(11-9)5(6,7)8/h1,9H2,2H3,(H,10,11). The normalized spacial score (nSPS) is 13.0. The Labute approximate surface area is 61.8 Å². The second-order valence-corrected chi connectivity index (χ2v) is 1.84. The molecule has 0 aromatic rings. The maximum absolute atomic E-state index is 11.8. The maximum atomic E-state index is 11.8. The Bertz CT molecular complexity index is 182. The molecule has 11 heavy (non-hydrogen) atoms. The van der Waals surface area contributed by atoms with E-state index in [9.17, 15) is 13.2 Å². The number of amidine groups is 1. The summed E-state index contributed by atoms with van der Waals surface area (Å²) < 4.78 is 35.3. The lowest BCUT2D eigenvalue weighted by molar-refractivity contribution is -0.0618. The van der Waals surface area contributed by atoms with Gasteiger partial charge in [-0.05, 0) is 6.92 Å². The van der Waals surface area contributed by atoms with Crippen molar-refractivity contribution in [2.24, 2.45) is 10.8 Å². The number of alkyl halides is 3. The SMILES string of the molecule is C=C(C)N=C(NN)C(F)(F)F. The molecule has 0 radical (unpaired) electrons. The van der Waals surface area contributed by atoms with Gasteiger partial charge in [0.1, 0.15) is 0 Å². The third kappa shape index (κ3) is 3.61. The molecule has 0 amide bonds. The van der Waals surface area contributed by atoms with E-state index in [1.54, 1.807) is 0 Å². The van der Waals surface area contributed by atoms with Crippen LogP contribution in [0.1, 0.15) is 6.92 Å². The lowest BCUT2D eigenvalue weighted by atomic mass is 10.5. The van der Waals surface area contributed by atoms with Crippen molar-refractivity contribution < 1.29 is 13.2 Å². The molecule has 0 aromatic carbocycles. The van der Waals surface area contributed by atoms with Crippen molar-refractivity contribution >= 4 is 5.84 Å². The van der Waals surface area contributed by atoms with E-state index in [-0.39, 0.29) is 5.70 Å². The van der Waals surface area contributed by atoms with E-state index < -0.39 is 12.0 Å². The molecule has 0 aromatic heterocycles. The van der Waals surface area contributed by atoms with Crippen molar-refractivity contribution in [1.82, 2.24) is 5.43 Å². The Kier molecular flexibility index (Phi) is 3.06. The number of rotatable bonds is 1. The first-order valence-electron chi connectivity index (χ1n) is 2.66. The maximum Gasteiger partial charge on any atom is 0.450 e. The molecule has 0 saturated carbocycles. The number of allylic oxidation sites excluding steroid dienone is 1. The molecule has 0 atom stereocenters. The van der Waals surface area contributed by atoms with Crippen molar-refractivity contribution in [2.45, 2.75) is 13.1 Å². The molecule has 0 aliphatic rings. The molecule has 0 heterocycles. The highest BCUT2D eigenvalue weighted by atomic mass is 19.4. The number of hydrogen-bond acceptors (Lipinski definition) is 2. The summed E-state index contributed by atoms with van der Waals surface area (Å²) in [5.74, 6) is 3.32. The molecule has 0 aliphatic heterocycles. The van der Waals surface area contributed by atoms with Crippen molar-refractivity contribution in [3.63, 3.8) is 0 Å². The molecule has 0 bridgehead atoms. The molecule has 6 heteroatoms. The summed E-state index contributed by atoms with van der Waals surface area (Å²) in [5, 5.41) is 0. The summed E-state index contributed by atoms with van der Waals surface area (Å²) in [7, 11) is 0. The molecule has 0 unspecified atom stereocenters. The number of nitrogens with two attached hydrogens (primary N) is 1. The Hall–Kier alpha value is -1.04. The van der Waals surface area contributed by atoms with Crippen LogP contribution in [0.4, 0.5) is 13.2 Å². The molecular formula is C5H8F3N3. The fourth-order valence-corrected chi connectivity index (χ4v) is 0.368. The lowest BCUT2D eigenvalue weighted by Crippen LogP contribution is -2.41. The summed E-state index contributed by atoms with van der Waals surface area (Å²) in [6, 6.07) is 0. The molecule has 0 rings (SSSR count). The summed E-state index contributed by atoms with van der Waals surface area (Å²) in [6.45, 7) is 4.51. The van der Waals surface area contributed by atoms with Crippen molar-refractivity contribution in [3.05, 3.63) is 12.3 Å². The summed E-state index contributed by atoms with van der Waals surface area (Å²) in [5.41, 5.74) is 1.47. The van der Waals surface area contributed by atoms with E-state index in [4.69, 9.17) is 0 Å². The Morgan fingerprint density at radius 3 is 2.09 bits per heavy atom. The number of hydrazine groups is 1. The predicted molar refractivity (Wildman–Crippen MR) is 35.6 cm³/mol. The van der Waals surface area contributed by atoms with Gasteiger partial charge in [-0.2, -0.15) is 13.2 Å². The van der Waals surface area contributed by atoms with Gasteiger partial charge in [-0.15, -0.1) is 0 Å². The van der Waals surface area contributed by atoms with Gasteiger partial charge in [0, 0.05) is 5.70 Å². The fourth-order valence-electron chi connectivity index (χ4n) is 0.368. The monoisotopic (exact) mass is 167 g/mol. The van der Waals surface area contributed by atoms with E-state index in [0.717, 1.165) is 0 Å². The minimum atomic E-state index is -4.55. The van der Waals surface area contributed by atoms with Crippen LogP contribution >= 0.6 is 0 Å². The van der Waals surface area contributed by atoms with E-state index >= 15 is 0 Å². The topological polar surface area (TPSA) is 50.4 Å². The van der Waals surface area contributed by atoms with Gasteiger partial charge in [-0.3, -0.25) is 0 Å². The number of hydrogen-bond donors (Lipinski definition) is 2. The smallest absolute Gasteiger partial charge is 0.304 e. The average molecular weight is 167 g/mol. The van der Waals surface area contributed by atoms with Gasteiger partial charge >= 0.3 is 6.18 Å². The second-order valence-electron chi connectivity index (χ2n) is 1.84. The van der Waals surface area contributed by atoms with Crippen LogP contribution in [-0.2, 0) is 0 Å². The third-order valence-corrected chi connectivity index (χ3v) is 0.708. The van der Waals surface area contributed by atoms with Crippen LogP contribution in [0.2, 0.25) is 0 Å². The molecule has 0 aliphatic carbocycles. The van der Waals surface area contributed by atoms with E-state index in [2.05, 4.69) is 17.4 Å². The highest BCUT2D eigenvalue weighted by Gasteiger charge is 2.35. The number of halogens is 3. The molecule has 0 saturated heterocycles. The van der Waals surface area contributed by atoms with Crippen LogP contribution in [0, 0.1) is 0 Å². The Morgan fingerprint density at radius 1 is 1.55 bits per heavy atom. The molecule has 0 fully saturated rings. The van der Waals surface area contributed by atoms with Crippen LogP contribution in [0.15, 0.2) is 17.3 Å². The van der Waals surface area contributed by atoms with Gasteiger partial charge in [0.2, 0.25) is 5.84 Å². The van der Waals surface area contributed by atoms with Crippen molar-refractivity contribution in [3.8, 4) is 0 Å². The van der Waals surface area contributed by atoms with Crippen LogP contribution in [0.3, 0.4) is 0 Å². The first kappa shape index (κ1) is 9.96. The predicted octanol–water partition coefficient (Wildman–Crippen LogP) is 0.944. The van der Waals surface area contributed by atoms with E-state index in [0.29, 0.717) is 0 Å². The molecule has 3 N–H and O–H groups in total. The lowest BCUT2D eigenvalue weighted by Gasteiger charge is -2.08. The minimum absolute atomic E-state index is 0.0373. The van der Waals surface area contributed by atoms with Gasteiger partial charge in [-0.1, -0.05) is 6.58 Å². The Balaban J connectivity index is 4.54. The highest BCUT2D eigenvalue weighted by Crippen LogP contribution is 2.16. The van der Waals surface area contributed by atoms with Crippen LogP contribution < -0.4 is 11.3 Å². The summed E-state index contributed by atoms with van der Waals surface area (Å²) in [4.78, 5) is 3.03. The average Bonchev–Trinajstić information content (AvgIpc) is 1.79. The molecule has 3 nitrogen and oxygen atoms in total. The number of nitrogens with one attached hydrogen (secondary N) is 1. The number of aliphatic imine (C=N–C) groups is 1. The van der Waals surface area contributed by atoms with E-state index in [1.807, 2.05) is 0 Å². The van der Waals surface area contributed by atoms with Gasteiger partial charge in [-0.25, -0.2) is 10.8 Å². The van der Waals surface area contributed by atoms with Crippen LogP contribution in [-0.4, -0.2) is 12.0 Å². The summed E-state index contributed by atoms with van der Waals surface area (Å²) in [6.07, 6.45) is -4.55. The third-order valence-electron chi connectivity index (χ3n) is 0.708. The zero-order chi connectivity index (χ0) is 9.07. The minimum Gasteiger partial charge on any atom is -0.304 e. The molecule has 64 valence electrons. The number of nitrogens with zero attached hydrogens (tertiary/aromatic N) is 1. The van der Waals surface area contributed by atoms with Gasteiger partial charge < -0.3 is 5.43 Å². The molecule has 0 spiro atoms. The van der Waals surface area contributed by atoms with Gasteiger partial charge in [0.05, 0.1) is 0 Å². The first-order chi connectivity index (χ1) is 4.88. The largest absolute Gasteiger partial charge is 0.450 e. The zero-order valence-corrected chi connectivity index (χ0v) is 5.87. The highest BCUT2D eigenvalue weighted by molar-refractivity contribution is 5.87. The molecular weight excluding hydrogens is 159 g/mol. The van der Waals surface area contributed by atoms with Crippen LogP contribution in [0.25, 0.3) is 0 Å². The van der Waals surface area contributed by atoms with Gasteiger partial charge in [0.25, 0.3) is 0 Å². The quantitative estimate of drug-likeness (QED) is 0.264. The fraction of sp³-hybridized carbons (Fsp3) is 0.400. The van der Waals surface area contributed by atoms with Gasteiger partial charge in [0.15, 0.2) is 0 Å². The first-order valence-corrected chi connectivity index (χ1v) is 2.66. The second kappa shape index (κ2) is 3.38. The summed E-state index contributed by atoms with van der Waals surface area (Å²) >= 11 is 0. The van der Waals surface area contributed by atoms with Crippen LogP contribution in [0.5, 0.6) is 0 Å². The van der Waals surface area contributed by atoms with Crippen molar-refractivity contribution in [2.75, 3.05) is 0 Å². The Morgan fingerprint density at radius 2 is 2.00 bits per heavy atom. The van der Waals surface area contributed by atoms with E-state index in [1.165, 1.54) is 12.3 Å².